The fraction of sp³-hybridized carbons (Fsp3) is 1.00. The van der Waals surface area contributed by atoms with Crippen molar-refractivity contribution in [3.63, 3.8) is 0 Å². The molecule has 0 aliphatic carbocycles. The highest BCUT2D eigenvalue weighted by Gasteiger charge is 2.42. The average molecular weight is 304 g/mol. The van der Waals surface area contributed by atoms with Gasteiger partial charge in [0.1, 0.15) is 9.49 Å². The van der Waals surface area contributed by atoms with Gasteiger partial charge >= 0.3 is 0 Å². The van der Waals surface area contributed by atoms with Gasteiger partial charge in [-0.1, -0.05) is 0 Å². The highest BCUT2D eigenvalue weighted by atomic mass is 32.2. The normalized spacial score (nSPS) is 16.6. The lowest BCUT2D eigenvalue weighted by molar-refractivity contribution is 0.0475. The zero-order valence-electron chi connectivity index (χ0n) is 15.7. The van der Waals surface area contributed by atoms with Crippen LogP contribution in [0, 0.1) is 0 Å². The van der Waals surface area contributed by atoms with Crippen molar-refractivity contribution in [3.8, 4) is 0 Å². The molecule has 1 unspecified atom stereocenters. The van der Waals surface area contributed by atoms with E-state index in [1.54, 1.807) is 0 Å². The minimum Gasteiger partial charge on any atom is -0.616 e. The third-order valence-corrected chi connectivity index (χ3v) is 6.63. The summed E-state index contributed by atoms with van der Waals surface area (Å²) in [6, 6.07) is 0. The van der Waals surface area contributed by atoms with Crippen molar-refractivity contribution in [2.75, 3.05) is 7.05 Å². The molecule has 0 aromatic heterocycles. The van der Waals surface area contributed by atoms with Crippen LogP contribution in [0.1, 0.15) is 82.1 Å². The molecule has 0 amide bonds. The van der Waals surface area contributed by atoms with Crippen LogP contribution in [0.15, 0.2) is 0 Å². The summed E-state index contributed by atoms with van der Waals surface area (Å²) in [5.41, 5.74) is 0.258. The molecule has 2 nitrogen and oxygen atoms in total. The molecule has 1 atom stereocenters. The topological polar surface area (TPSA) is 26.3 Å². The summed E-state index contributed by atoms with van der Waals surface area (Å²) in [5.74, 6) is 0. The van der Waals surface area contributed by atoms with Crippen LogP contribution < -0.4 is 0 Å². The molecule has 0 aromatic carbocycles. The summed E-state index contributed by atoms with van der Waals surface area (Å²) in [7, 11) is 2.19. The maximum atomic E-state index is 12.7. The molecule has 0 radical (unpaired) electrons. The Kier molecular flexibility index (Phi) is 6.26. The van der Waals surface area contributed by atoms with Gasteiger partial charge < -0.3 is 4.55 Å². The van der Waals surface area contributed by atoms with Crippen molar-refractivity contribution in [2.45, 2.75) is 103 Å². The van der Waals surface area contributed by atoms with E-state index in [4.69, 9.17) is 0 Å². The first kappa shape index (κ1) is 20.3. The Labute approximate surface area is 130 Å². The highest BCUT2D eigenvalue weighted by molar-refractivity contribution is 7.94. The Morgan fingerprint density at radius 1 is 0.800 bits per heavy atom. The molecular weight excluding hydrogens is 266 g/mol. The summed E-state index contributed by atoms with van der Waals surface area (Å²) in [6.07, 6.45) is 2.03. The Bertz CT molecular complexity index is 278. The molecule has 0 aliphatic rings. The van der Waals surface area contributed by atoms with E-state index in [0.717, 1.165) is 12.8 Å². The van der Waals surface area contributed by atoms with Gasteiger partial charge in [0.2, 0.25) is 0 Å². The van der Waals surface area contributed by atoms with Gasteiger partial charge in [0.05, 0.1) is 0 Å². The van der Waals surface area contributed by atoms with Crippen LogP contribution in [0.25, 0.3) is 0 Å². The molecule has 0 rings (SSSR count). The third kappa shape index (κ3) is 5.57. The van der Waals surface area contributed by atoms with Gasteiger partial charge in [-0.15, -0.1) is 0 Å². The second-order valence-corrected chi connectivity index (χ2v) is 12.1. The number of rotatable bonds is 5. The van der Waals surface area contributed by atoms with Gasteiger partial charge in [0, 0.05) is 11.1 Å². The smallest absolute Gasteiger partial charge is 0.120 e. The second-order valence-electron chi connectivity index (χ2n) is 9.18. The number of nitrogens with zero attached hydrogens (tertiary/aromatic N) is 1. The maximum absolute atomic E-state index is 12.7. The van der Waals surface area contributed by atoms with Crippen LogP contribution in [0.4, 0.5) is 0 Å². The summed E-state index contributed by atoms with van der Waals surface area (Å²) in [5, 5.41) is 0. The van der Waals surface area contributed by atoms with Gasteiger partial charge in [-0.05, 0) is 100 Å². The molecule has 0 spiro atoms. The third-order valence-electron chi connectivity index (χ3n) is 4.31. The van der Waals surface area contributed by atoms with E-state index in [0.29, 0.717) is 0 Å². The van der Waals surface area contributed by atoms with Gasteiger partial charge in [0.25, 0.3) is 0 Å². The number of hydrogen-bond donors (Lipinski definition) is 0. The Morgan fingerprint density at radius 2 is 1.20 bits per heavy atom. The standard InChI is InChI=1S/C17H37NOS/c1-14(2,3)18(11)16(7,8)12-13-17(9,10)20(19)15(4,5)6/h12-13H2,1-11H3. The lowest BCUT2D eigenvalue weighted by Gasteiger charge is -2.46. The summed E-state index contributed by atoms with van der Waals surface area (Å²) in [6.45, 7) is 21.8. The van der Waals surface area contributed by atoms with Crippen LogP contribution in [0.2, 0.25) is 0 Å². The maximum Gasteiger partial charge on any atom is 0.120 e. The Balaban J connectivity index is 4.84. The van der Waals surface area contributed by atoms with E-state index in [-0.39, 0.29) is 20.6 Å². The minimum absolute atomic E-state index is 0.109. The summed E-state index contributed by atoms with van der Waals surface area (Å²) >= 11 is -0.835. The molecular formula is C17H37NOS. The monoisotopic (exact) mass is 303 g/mol. The van der Waals surface area contributed by atoms with Crippen LogP contribution >= 0.6 is 0 Å². The minimum atomic E-state index is -0.835. The van der Waals surface area contributed by atoms with Crippen molar-refractivity contribution < 1.29 is 4.55 Å². The second kappa shape index (κ2) is 6.18. The molecule has 0 saturated carbocycles. The lowest BCUT2D eigenvalue weighted by atomic mass is 9.88. The van der Waals surface area contributed by atoms with Crippen molar-refractivity contribution >= 4 is 11.2 Å². The first-order valence-electron chi connectivity index (χ1n) is 7.68. The van der Waals surface area contributed by atoms with Crippen molar-refractivity contribution in [2.24, 2.45) is 0 Å². The lowest BCUT2D eigenvalue weighted by Crippen LogP contribution is -2.53. The zero-order chi connectivity index (χ0) is 16.6. The predicted octanol–water partition coefficient (Wildman–Crippen LogP) is 4.60. The van der Waals surface area contributed by atoms with Gasteiger partial charge in [0.15, 0.2) is 0 Å². The van der Waals surface area contributed by atoms with E-state index < -0.39 is 11.2 Å². The summed E-state index contributed by atoms with van der Waals surface area (Å²) < 4.78 is 12.4. The van der Waals surface area contributed by atoms with Gasteiger partial charge in [-0.3, -0.25) is 4.90 Å². The molecule has 20 heavy (non-hydrogen) atoms. The fourth-order valence-electron chi connectivity index (χ4n) is 2.60. The van der Waals surface area contributed by atoms with Crippen LogP contribution in [0.5, 0.6) is 0 Å². The first-order chi connectivity index (χ1) is 8.52. The molecule has 0 N–H and O–H groups in total. The fourth-order valence-corrected chi connectivity index (χ4v) is 4.55. The van der Waals surface area contributed by atoms with Crippen LogP contribution in [0.3, 0.4) is 0 Å². The van der Waals surface area contributed by atoms with Crippen molar-refractivity contribution in [1.82, 2.24) is 4.90 Å². The van der Waals surface area contributed by atoms with E-state index in [1.165, 1.54) is 0 Å². The van der Waals surface area contributed by atoms with E-state index in [9.17, 15) is 4.55 Å². The van der Waals surface area contributed by atoms with Crippen LogP contribution in [-0.4, -0.2) is 37.1 Å². The van der Waals surface area contributed by atoms with E-state index in [2.05, 4.69) is 81.2 Å². The average Bonchev–Trinajstić information content (AvgIpc) is 2.22. The molecule has 0 aromatic rings. The molecule has 122 valence electrons. The van der Waals surface area contributed by atoms with Gasteiger partial charge in [-0.2, -0.15) is 0 Å². The quantitative estimate of drug-likeness (QED) is 0.694. The summed E-state index contributed by atoms with van der Waals surface area (Å²) in [4.78, 5) is 2.43. The highest BCUT2D eigenvalue weighted by Crippen LogP contribution is 2.36. The zero-order valence-corrected chi connectivity index (χ0v) is 16.5. The largest absolute Gasteiger partial charge is 0.616 e. The molecule has 0 heterocycles. The SMILES string of the molecule is CN(C(C)(C)C)C(C)(C)CCC(C)(C)[S+]([O-])C(C)(C)C. The molecule has 0 saturated heterocycles. The van der Waals surface area contributed by atoms with E-state index >= 15 is 0 Å². The van der Waals surface area contributed by atoms with E-state index in [1.807, 2.05) is 0 Å². The van der Waals surface area contributed by atoms with Gasteiger partial charge in [-0.25, -0.2) is 0 Å². The molecule has 3 heteroatoms. The Hall–Kier alpha value is 0.270. The number of hydrogen-bond acceptors (Lipinski definition) is 2. The van der Waals surface area contributed by atoms with Crippen LogP contribution in [-0.2, 0) is 11.2 Å². The van der Waals surface area contributed by atoms with Crippen molar-refractivity contribution in [1.29, 1.82) is 0 Å². The molecule has 0 fully saturated rings. The predicted molar refractivity (Wildman–Crippen MR) is 92.8 cm³/mol. The molecule has 0 bridgehead atoms. The molecule has 0 aliphatic heterocycles. The first-order valence-corrected chi connectivity index (χ1v) is 8.83. The Morgan fingerprint density at radius 3 is 1.50 bits per heavy atom. The van der Waals surface area contributed by atoms with Crippen molar-refractivity contribution in [3.05, 3.63) is 0 Å².